The van der Waals surface area contributed by atoms with Crippen molar-refractivity contribution in [2.75, 3.05) is 14.2 Å². The van der Waals surface area contributed by atoms with Crippen LogP contribution in [0.2, 0.25) is 0 Å². The smallest absolute Gasteiger partial charge is 0.259 e. The fraction of sp³-hybridized carbons (Fsp3) is 0.217. The molecule has 6 heteroatoms. The average molecular weight is 388 g/mol. The predicted octanol–water partition coefficient (Wildman–Crippen LogP) is 3.17. The van der Waals surface area contributed by atoms with Gasteiger partial charge in [0.15, 0.2) is 0 Å². The molecule has 0 spiro atoms. The van der Waals surface area contributed by atoms with Crippen LogP contribution in [0.3, 0.4) is 0 Å². The molecule has 0 saturated heterocycles. The Morgan fingerprint density at radius 3 is 2.52 bits per heavy atom. The summed E-state index contributed by atoms with van der Waals surface area (Å²) in [6.07, 6.45) is 4.07. The van der Waals surface area contributed by atoms with Gasteiger partial charge in [-0.2, -0.15) is 0 Å². The molecular weight excluding hydrogens is 368 g/mol. The fourth-order valence-electron chi connectivity index (χ4n) is 4.43. The number of ether oxygens (including phenoxy) is 2. The van der Waals surface area contributed by atoms with Gasteiger partial charge < -0.3 is 14.0 Å². The van der Waals surface area contributed by atoms with Gasteiger partial charge >= 0.3 is 0 Å². The number of imide groups is 1. The molecule has 5 rings (SSSR count). The number of carbonyl (C=O) groups is 2. The van der Waals surface area contributed by atoms with Crippen molar-refractivity contribution in [2.45, 2.75) is 19.4 Å². The van der Waals surface area contributed by atoms with E-state index < -0.39 is 11.8 Å². The van der Waals surface area contributed by atoms with Crippen molar-refractivity contribution >= 4 is 33.9 Å². The summed E-state index contributed by atoms with van der Waals surface area (Å²) in [7, 11) is 3.10. The Balaban J connectivity index is 1.83. The second-order valence-corrected chi connectivity index (χ2v) is 7.25. The zero-order valence-electron chi connectivity index (χ0n) is 16.2. The lowest BCUT2D eigenvalue weighted by atomic mass is 9.94. The normalized spacial score (nSPS) is 15.8. The number of carbonyl (C=O) groups excluding carboxylic acids is 2. The number of nitrogens with zero attached hydrogens (tertiary/aromatic N) is 1. The van der Waals surface area contributed by atoms with Crippen LogP contribution in [0.4, 0.5) is 0 Å². The Hall–Kier alpha value is -3.54. The van der Waals surface area contributed by atoms with Crippen LogP contribution in [0, 0.1) is 0 Å². The van der Waals surface area contributed by atoms with Gasteiger partial charge in [-0.1, -0.05) is 18.2 Å². The van der Waals surface area contributed by atoms with Crippen LogP contribution in [-0.2, 0) is 22.6 Å². The molecule has 1 N–H and O–H groups in total. The SMILES string of the molecule is COc1ccc(OC)c(C2=C(c3cn4c5c(cccc35)CCC4)C(=O)NC2=O)c1. The van der Waals surface area contributed by atoms with Crippen LogP contribution in [0.15, 0.2) is 42.6 Å². The molecule has 0 bridgehead atoms. The molecule has 29 heavy (non-hydrogen) atoms. The lowest BCUT2D eigenvalue weighted by Gasteiger charge is -2.14. The fourth-order valence-corrected chi connectivity index (χ4v) is 4.43. The Kier molecular flexibility index (Phi) is 3.94. The van der Waals surface area contributed by atoms with E-state index in [1.807, 2.05) is 18.3 Å². The molecular formula is C23H20N2O4. The summed E-state index contributed by atoms with van der Waals surface area (Å²) in [6.45, 7) is 0.897. The standard InChI is InChI=1S/C23H20N2O4/c1-28-14-8-9-18(29-2)16(11-14)19-20(23(27)24-22(19)26)17-12-25-10-4-6-13-5-3-7-15(17)21(13)25/h3,5,7-9,11-12H,4,6,10H2,1-2H3,(H,24,26,27). The minimum absolute atomic E-state index is 0.314. The first-order chi connectivity index (χ1) is 14.1. The third-order valence-corrected chi connectivity index (χ3v) is 5.70. The van der Waals surface area contributed by atoms with Gasteiger partial charge in [0.1, 0.15) is 11.5 Å². The van der Waals surface area contributed by atoms with Gasteiger partial charge in [0, 0.05) is 29.3 Å². The van der Waals surface area contributed by atoms with Crippen molar-refractivity contribution in [3.63, 3.8) is 0 Å². The highest BCUT2D eigenvalue weighted by Crippen LogP contribution is 2.41. The molecule has 2 amide bonds. The van der Waals surface area contributed by atoms with Gasteiger partial charge in [-0.25, -0.2) is 0 Å². The molecule has 3 heterocycles. The Morgan fingerprint density at radius 1 is 0.966 bits per heavy atom. The molecule has 2 aliphatic rings. The van der Waals surface area contributed by atoms with Gasteiger partial charge in [-0.3, -0.25) is 14.9 Å². The molecule has 2 aromatic carbocycles. The number of methoxy groups -OCH3 is 2. The van der Waals surface area contributed by atoms with Crippen LogP contribution in [-0.4, -0.2) is 30.6 Å². The van der Waals surface area contributed by atoms with E-state index >= 15 is 0 Å². The van der Waals surface area contributed by atoms with Crippen LogP contribution < -0.4 is 14.8 Å². The topological polar surface area (TPSA) is 69.6 Å². The third kappa shape index (κ3) is 2.56. The molecule has 6 nitrogen and oxygen atoms in total. The van der Waals surface area contributed by atoms with E-state index in [2.05, 4.69) is 16.0 Å². The molecule has 0 atom stereocenters. The Labute approximate surface area is 167 Å². The minimum Gasteiger partial charge on any atom is -0.497 e. The second-order valence-electron chi connectivity index (χ2n) is 7.25. The van der Waals surface area contributed by atoms with Crippen LogP contribution in [0.5, 0.6) is 11.5 Å². The lowest BCUT2D eigenvalue weighted by molar-refractivity contribution is -0.122. The highest BCUT2D eigenvalue weighted by atomic mass is 16.5. The summed E-state index contributed by atoms with van der Waals surface area (Å²) in [5.74, 6) is 0.279. The summed E-state index contributed by atoms with van der Waals surface area (Å²) >= 11 is 0. The predicted molar refractivity (Wildman–Crippen MR) is 110 cm³/mol. The number of rotatable bonds is 4. The molecule has 0 fully saturated rings. The number of benzene rings is 2. The number of aryl methyl sites for hydroxylation is 2. The maximum atomic E-state index is 12.9. The van der Waals surface area contributed by atoms with Gasteiger partial charge in [0.25, 0.3) is 11.8 Å². The summed E-state index contributed by atoms with van der Waals surface area (Å²) in [5.41, 5.74) is 4.42. The maximum Gasteiger partial charge on any atom is 0.259 e. The first-order valence-electron chi connectivity index (χ1n) is 9.56. The number of para-hydroxylation sites is 1. The van der Waals surface area contributed by atoms with Crippen LogP contribution in [0.1, 0.15) is 23.1 Å². The first kappa shape index (κ1) is 17.6. The van der Waals surface area contributed by atoms with E-state index in [0.29, 0.717) is 28.2 Å². The number of nitrogens with one attached hydrogen (secondary N) is 1. The quantitative estimate of drug-likeness (QED) is 0.697. The number of hydrogen-bond donors (Lipinski definition) is 1. The van der Waals surface area contributed by atoms with E-state index in [0.717, 1.165) is 35.9 Å². The summed E-state index contributed by atoms with van der Waals surface area (Å²) in [5, 5.41) is 3.45. The van der Waals surface area contributed by atoms with E-state index in [-0.39, 0.29) is 0 Å². The minimum atomic E-state index is -0.427. The molecule has 3 aromatic rings. The third-order valence-electron chi connectivity index (χ3n) is 5.70. The molecule has 2 aliphatic heterocycles. The summed E-state index contributed by atoms with van der Waals surface area (Å²) < 4.78 is 13.0. The highest BCUT2D eigenvalue weighted by molar-refractivity contribution is 6.50. The largest absolute Gasteiger partial charge is 0.497 e. The van der Waals surface area contributed by atoms with Crippen molar-refractivity contribution in [2.24, 2.45) is 0 Å². The lowest BCUT2D eigenvalue weighted by Crippen LogP contribution is -2.22. The Morgan fingerprint density at radius 2 is 1.76 bits per heavy atom. The van der Waals surface area contributed by atoms with Crippen molar-refractivity contribution in [1.82, 2.24) is 9.88 Å². The zero-order chi connectivity index (χ0) is 20.1. The maximum absolute atomic E-state index is 12.9. The van der Waals surface area contributed by atoms with Gasteiger partial charge in [0.05, 0.1) is 30.9 Å². The van der Waals surface area contributed by atoms with Crippen molar-refractivity contribution in [1.29, 1.82) is 0 Å². The first-order valence-corrected chi connectivity index (χ1v) is 9.56. The van der Waals surface area contributed by atoms with E-state index in [1.54, 1.807) is 32.4 Å². The van der Waals surface area contributed by atoms with Crippen LogP contribution in [0.25, 0.3) is 22.0 Å². The molecule has 146 valence electrons. The van der Waals surface area contributed by atoms with Crippen molar-refractivity contribution < 1.29 is 19.1 Å². The number of hydrogen-bond acceptors (Lipinski definition) is 4. The molecule has 0 saturated carbocycles. The van der Waals surface area contributed by atoms with Gasteiger partial charge in [0.2, 0.25) is 0 Å². The molecule has 0 unspecified atom stereocenters. The second kappa shape index (κ2) is 6.51. The zero-order valence-corrected chi connectivity index (χ0v) is 16.2. The van der Waals surface area contributed by atoms with E-state index in [9.17, 15) is 9.59 Å². The van der Waals surface area contributed by atoms with Crippen LogP contribution >= 0.6 is 0 Å². The van der Waals surface area contributed by atoms with Gasteiger partial charge in [-0.05, 0) is 36.6 Å². The average Bonchev–Trinajstić information content (AvgIpc) is 3.25. The molecule has 0 radical (unpaired) electrons. The van der Waals surface area contributed by atoms with Crippen molar-refractivity contribution in [3.05, 3.63) is 59.3 Å². The van der Waals surface area contributed by atoms with E-state index in [1.165, 1.54) is 5.56 Å². The molecule has 0 aliphatic carbocycles. The Bertz CT molecular complexity index is 1220. The van der Waals surface area contributed by atoms with Crippen molar-refractivity contribution in [3.8, 4) is 11.5 Å². The number of amides is 2. The highest BCUT2D eigenvalue weighted by Gasteiger charge is 2.35. The van der Waals surface area contributed by atoms with E-state index in [4.69, 9.17) is 9.47 Å². The number of aromatic nitrogens is 1. The summed E-state index contributed by atoms with van der Waals surface area (Å²) in [4.78, 5) is 25.7. The molecule has 1 aromatic heterocycles. The van der Waals surface area contributed by atoms with Gasteiger partial charge in [-0.15, -0.1) is 0 Å². The monoisotopic (exact) mass is 388 g/mol. The summed E-state index contributed by atoms with van der Waals surface area (Å²) in [6, 6.07) is 11.4.